The number of esters is 1. The number of aromatic nitrogens is 2. The Morgan fingerprint density at radius 1 is 0.964 bits per heavy atom. The number of nitrogens with zero attached hydrogens (tertiary/aromatic N) is 2. The van der Waals surface area contributed by atoms with Crippen LogP contribution in [0.5, 0.6) is 5.75 Å². The summed E-state index contributed by atoms with van der Waals surface area (Å²) in [5, 5.41) is 0. The Labute approximate surface area is 163 Å². The molecule has 2 aromatic carbocycles. The normalized spacial score (nSPS) is 10.8. The highest BCUT2D eigenvalue weighted by atomic mass is 16.5. The standard InChI is InChI=1S/C23H20N2O3/c1-17-6-5-13-25-14-20(24-22(17)25)16-28-23(26)19-9-11-21(12-10-19)27-15-18-7-3-2-4-8-18/h2-14H,15-16H2,1H3. The van der Waals surface area contributed by atoms with E-state index in [0.29, 0.717) is 23.6 Å². The van der Waals surface area contributed by atoms with Gasteiger partial charge in [0.15, 0.2) is 0 Å². The second-order valence-corrected chi connectivity index (χ2v) is 6.53. The molecule has 0 amide bonds. The number of carbonyl (C=O) groups excluding carboxylic acids is 1. The molecule has 0 fully saturated rings. The van der Waals surface area contributed by atoms with Crippen LogP contribution in [0.3, 0.4) is 0 Å². The first kappa shape index (κ1) is 17.8. The third kappa shape index (κ3) is 4.04. The minimum atomic E-state index is -0.386. The average molecular weight is 372 g/mol. The van der Waals surface area contributed by atoms with Gasteiger partial charge in [0, 0.05) is 12.4 Å². The fourth-order valence-corrected chi connectivity index (χ4v) is 2.92. The third-order valence-electron chi connectivity index (χ3n) is 4.42. The number of imidazole rings is 1. The summed E-state index contributed by atoms with van der Waals surface area (Å²) in [6.45, 7) is 2.61. The molecular formula is C23H20N2O3. The van der Waals surface area contributed by atoms with E-state index in [1.54, 1.807) is 24.3 Å². The van der Waals surface area contributed by atoms with Gasteiger partial charge in [0.05, 0.1) is 11.3 Å². The van der Waals surface area contributed by atoms with Crippen LogP contribution in [0.2, 0.25) is 0 Å². The molecule has 140 valence electrons. The lowest BCUT2D eigenvalue weighted by atomic mass is 10.2. The summed E-state index contributed by atoms with van der Waals surface area (Å²) < 4.78 is 13.1. The predicted molar refractivity (Wildman–Crippen MR) is 106 cm³/mol. The van der Waals surface area contributed by atoms with E-state index in [1.165, 1.54) is 0 Å². The number of hydrogen-bond donors (Lipinski definition) is 0. The molecule has 0 spiro atoms. The maximum Gasteiger partial charge on any atom is 0.338 e. The highest BCUT2D eigenvalue weighted by Gasteiger charge is 2.10. The minimum Gasteiger partial charge on any atom is -0.489 e. The molecule has 0 N–H and O–H groups in total. The van der Waals surface area contributed by atoms with Crippen LogP contribution in [0.1, 0.15) is 27.2 Å². The van der Waals surface area contributed by atoms with Crippen LogP contribution in [0.15, 0.2) is 79.1 Å². The molecule has 0 aliphatic carbocycles. The summed E-state index contributed by atoms with van der Waals surface area (Å²) in [6, 6.07) is 20.8. The zero-order chi connectivity index (χ0) is 19.3. The van der Waals surface area contributed by atoms with Crippen molar-refractivity contribution in [2.45, 2.75) is 20.1 Å². The van der Waals surface area contributed by atoms with Gasteiger partial charge >= 0.3 is 5.97 Å². The van der Waals surface area contributed by atoms with E-state index >= 15 is 0 Å². The van der Waals surface area contributed by atoms with Crippen molar-refractivity contribution in [3.63, 3.8) is 0 Å². The van der Waals surface area contributed by atoms with Crippen LogP contribution in [-0.2, 0) is 18.0 Å². The molecular weight excluding hydrogens is 352 g/mol. The van der Waals surface area contributed by atoms with Crippen molar-refractivity contribution in [3.05, 3.63) is 102 Å². The van der Waals surface area contributed by atoms with Crippen molar-refractivity contribution < 1.29 is 14.3 Å². The van der Waals surface area contributed by atoms with Crippen molar-refractivity contribution in [2.75, 3.05) is 0 Å². The predicted octanol–water partition coefficient (Wildman–Crippen LogP) is 4.58. The quantitative estimate of drug-likeness (QED) is 0.465. The molecule has 0 aliphatic heterocycles. The van der Waals surface area contributed by atoms with Gasteiger partial charge in [-0.1, -0.05) is 36.4 Å². The number of rotatable bonds is 6. The summed E-state index contributed by atoms with van der Waals surface area (Å²) in [6.07, 6.45) is 3.80. The van der Waals surface area contributed by atoms with E-state index in [9.17, 15) is 4.79 Å². The third-order valence-corrected chi connectivity index (χ3v) is 4.42. The summed E-state index contributed by atoms with van der Waals surface area (Å²) in [5.74, 6) is 0.319. The van der Waals surface area contributed by atoms with Gasteiger partial charge in [-0.25, -0.2) is 9.78 Å². The molecule has 0 atom stereocenters. The fraction of sp³-hybridized carbons (Fsp3) is 0.130. The molecule has 0 unspecified atom stereocenters. The van der Waals surface area contributed by atoms with Crippen molar-refractivity contribution >= 4 is 11.6 Å². The molecule has 0 aliphatic rings. The first-order valence-electron chi connectivity index (χ1n) is 9.06. The largest absolute Gasteiger partial charge is 0.489 e. The number of hydrogen-bond acceptors (Lipinski definition) is 4. The van der Waals surface area contributed by atoms with Crippen LogP contribution >= 0.6 is 0 Å². The number of carbonyl (C=O) groups is 1. The Morgan fingerprint density at radius 3 is 2.50 bits per heavy atom. The lowest BCUT2D eigenvalue weighted by molar-refractivity contribution is 0.0468. The first-order valence-corrected chi connectivity index (χ1v) is 9.06. The highest BCUT2D eigenvalue weighted by molar-refractivity contribution is 5.89. The Balaban J connectivity index is 1.34. The molecule has 0 saturated heterocycles. The second kappa shape index (κ2) is 7.96. The van der Waals surface area contributed by atoms with E-state index in [-0.39, 0.29) is 12.6 Å². The van der Waals surface area contributed by atoms with Gasteiger partial charge in [0.1, 0.15) is 24.6 Å². The van der Waals surface area contributed by atoms with E-state index in [4.69, 9.17) is 9.47 Å². The summed E-state index contributed by atoms with van der Waals surface area (Å²) in [5.41, 5.74) is 4.23. The van der Waals surface area contributed by atoms with Gasteiger partial charge in [-0.15, -0.1) is 0 Å². The molecule has 0 saturated carbocycles. The first-order chi connectivity index (χ1) is 13.7. The fourth-order valence-electron chi connectivity index (χ4n) is 2.92. The number of benzene rings is 2. The van der Waals surface area contributed by atoms with Gasteiger partial charge in [0.25, 0.3) is 0 Å². The Kier molecular flexibility index (Phi) is 5.06. The van der Waals surface area contributed by atoms with Gasteiger partial charge in [-0.05, 0) is 48.4 Å². The van der Waals surface area contributed by atoms with Crippen LogP contribution in [0.25, 0.3) is 5.65 Å². The zero-order valence-corrected chi connectivity index (χ0v) is 15.5. The molecule has 2 heterocycles. The van der Waals surface area contributed by atoms with Gasteiger partial charge in [-0.2, -0.15) is 0 Å². The van der Waals surface area contributed by atoms with E-state index < -0.39 is 0 Å². The van der Waals surface area contributed by atoms with Crippen LogP contribution in [-0.4, -0.2) is 15.4 Å². The molecule has 0 radical (unpaired) electrons. The molecule has 4 aromatic rings. The summed E-state index contributed by atoms with van der Waals surface area (Å²) in [4.78, 5) is 16.8. The van der Waals surface area contributed by atoms with E-state index in [1.807, 2.05) is 66.2 Å². The van der Waals surface area contributed by atoms with Crippen LogP contribution in [0, 0.1) is 6.92 Å². The van der Waals surface area contributed by atoms with Crippen molar-refractivity contribution in [3.8, 4) is 5.75 Å². The average Bonchev–Trinajstić information content (AvgIpc) is 3.16. The van der Waals surface area contributed by atoms with Crippen molar-refractivity contribution in [2.24, 2.45) is 0 Å². The topological polar surface area (TPSA) is 52.8 Å². The highest BCUT2D eigenvalue weighted by Crippen LogP contribution is 2.16. The van der Waals surface area contributed by atoms with Crippen LogP contribution < -0.4 is 4.74 Å². The maximum absolute atomic E-state index is 12.3. The van der Waals surface area contributed by atoms with Gasteiger partial charge in [-0.3, -0.25) is 0 Å². The van der Waals surface area contributed by atoms with Crippen molar-refractivity contribution in [1.29, 1.82) is 0 Å². The number of fused-ring (bicyclic) bond motifs is 1. The molecule has 0 bridgehead atoms. The Morgan fingerprint density at radius 2 is 1.75 bits per heavy atom. The smallest absolute Gasteiger partial charge is 0.338 e. The molecule has 4 rings (SSSR count). The Bertz CT molecular complexity index is 1090. The summed E-state index contributed by atoms with van der Waals surface area (Å²) in [7, 11) is 0. The minimum absolute atomic E-state index is 0.131. The molecule has 28 heavy (non-hydrogen) atoms. The molecule has 5 nitrogen and oxygen atoms in total. The maximum atomic E-state index is 12.3. The molecule has 2 aromatic heterocycles. The zero-order valence-electron chi connectivity index (χ0n) is 15.5. The second-order valence-electron chi connectivity index (χ2n) is 6.53. The number of ether oxygens (including phenoxy) is 2. The van der Waals surface area contributed by atoms with Gasteiger partial charge in [0.2, 0.25) is 0 Å². The Hall–Kier alpha value is -3.60. The lowest BCUT2D eigenvalue weighted by Crippen LogP contribution is -2.05. The molecule has 5 heteroatoms. The summed E-state index contributed by atoms with van der Waals surface area (Å²) >= 11 is 0. The van der Waals surface area contributed by atoms with E-state index in [0.717, 1.165) is 16.8 Å². The number of pyridine rings is 1. The van der Waals surface area contributed by atoms with Crippen molar-refractivity contribution in [1.82, 2.24) is 9.38 Å². The number of aryl methyl sites for hydroxylation is 1. The van der Waals surface area contributed by atoms with Gasteiger partial charge < -0.3 is 13.9 Å². The monoisotopic (exact) mass is 372 g/mol. The SMILES string of the molecule is Cc1cccn2cc(COC(=O)c3ccc(OCc4ccccc4)cc3)nc12. The lowest BCUT2D eigenvalue weighted by Gasteiger charge is -2.07. The van der Waals surface area contributed by atoms with E-state index in [2.05, 4.69) is 4.98 Å². The van der Waals surface area contributed by atoms with Crippen LogP contribution in [0.4, 0.5) is 0 Å².